The van der Waals surface area contributed by atoms with Gasteiger partial charge in [-0.3, -0.25) is 0 Å². The van der Waals surface area contributed by atoms with Gasteiger partial charge in [-0.15, -0.1) is 0 Å². The molecule has 0 aliphatic carbocycles. The van der Waals surface area contributed by atoms with Gasteiger partial charge in [0.2, 0.25) is 0 Å². The molecule has 58 valence electrons. The van der Waals surface area contributed by atoms with Gasteiger partial charge < -0.3 is 10.1 Å². The zero-order chi connectivity index (χ0) is 6.97. The number of hydrogen-bond acceptors (Lipinski definition) is 2. The standard InChI is InChI=1S/C8H15NO/c1-6-4-7-5-9-3-2-8(7)10-6/h6-9H,2-5H2,1H3/t6-,7+,8-/m1/s1. The molecule has 2 aliphatic rings. The van der Waals surface area contributed by atoms with Crippen LogP contribution in [-0.2, 0) is 4.74 Å². The molecule has 0 aromatic heterocycles. The summed E-state index contributed by atoms with van der Waals surface area (Å²) < 4.78 is 5.73. The highest BCUT2D eigenvalue weighted by Crippen LogP contribution is 2.29. The number of fused-ring (bicyclic) bond motifs is 1. The summed E-state index contributed by atoms with van der Waals surface area (Å²) in [7, 11) is 0. The summed E-state index contributed by atoms with van der Waals surface area (Å²) in [5.41, 5.74) is 0. The first-order chi connectivity index (χ1) is 4.86. The molecule has 0 aromatic rings. The van der Waals surface area contributed by atoms with Crippen molar-refractivity contribution < 1.29 is 4.74 Å². The van der Waals surface area contributed by atoms with Crippen LogP contribution in [-0.4, -0.2) is 25.3 Å². The third-order valence-electron chi connectivity index (χ3n) is 2.58. The maximum absolute atomic E-state index is 5.73. The molecule has 10 heavy (non-hydrogen) atoms. The molecule has 2 nitrogen and oxygen atoms in total. The van der Waals surface area contributed by atoms with Gasteiger partial charge in [-0.2, -0.15) is 0 Å². The Labute approximate surface area is 61.9 Å². The van der Waals surface area contributed by atoms with E-state index >= 15 is 0 Å². The van der Waals surface area contributed by atoms with Gasteiger partial charge in [0.15, 0.2) is 0 Å². The van der Waals surface area contributed by atoms with Gasteiger partial charge in [0.1, 0.15) is 0 Å². The lowest BCUT2D eigenvalue weighted by atomic mass is 9.95. The van der Waals surface area contributed by atoms with Crippen molar-refractivity contribution in [1.29, 1.82) is 0 Å². The van der Waals surface area contributed by atoms with Crippen LogP contribution in [0, 0.1) is 5.92 Å². The van der Waals surface area contributed by atoms with E-state index < -0.39 is 0 Å². The van der Waals surface area contributed by atoms with E-state index in [1.54, 1.807) is 0 Å². The van der Waals surface area contributed by atoms with E-state index in [4.69, 9.17) is 4.74 Å². The molecule has 2 aliphatic heterocycles. The Morgan fingerprint density at radius 1 is 1.50 bits per heavy atom. The van der Waals surface area contributed by atoms with Crippen molar-refractivity contribution >= 4 is 0 Å². The molecule has 0 bridgehead atoms. The first kappa shape index (κ1) is 6.62. The second-order valence-electron chi connectivity index (χ2n) is 3.47. The summed E-state index contributed by atoms with van der Waals surface area (Å²) in [6, 6.07) is 0. The van der Waals surface area contributed by atoms with Crippen molar-refractivity contribution in [3.63, 3.8) is 0 Å². The molecule has 0 aromatic carbocycles. The lowest BCUT2D eigenvalue weighted by molar-refractivity contribution is 0.0312. The van der Waals surface area contributed by atoms with E-state index in [1.807, 2.05) is 0 Å². The maximum atomic E-state index is 5.73. The van der Waals surface area contributed by atoms with Crippen LogP contribution in [0.25, 0.3) is 0 Å². The van der Waals surface area contributed by atoms with Crippen LogP contribution in [0.4, 0.5) is 0 Å². The average molecular weight is 141 g/mol. The summed E-state index contributed by atoms with van der Waals surface area (Å²) in [6.07, 6.45) is 3.57. The Morgan fingerprint density at radius 2 is 2.40 bits per heavy atom. The predicted molar refractivity (Wildman–Crippen MR) is 39.9 cm³/mol. The van der Waals surface area contributed by atoms with Crippen LogP contribution < -0.4 is 5.32 Å². The first-order valence-electron chi connectivity index (χ1n) is 4.22. The van der Waals surface area contributed by atoms with E-state index in [1.165, 1.54) is 19.4 Å². The van der Waals surface area contributed by atoms with E-state index in [9.17, 15) is 0 Å². The molecule has 0 unspecified atom stereocenters. The molecule has 0 radical (unpaired) electrons. The fourth-order valence-corrected chi connectivity index (χ4v) is 2.09. The number of nitrogens with one attached hydrogen (secondary N) is 1. The molecule has 0 spiro atoms. The predicted octanol–water partition coefficient (Wildman–Crippen LogP) is 0.773. The number of rotatable bonds is 0. The van der Waals surface area contributed by atoms with E-state index in [0.29, 0.717) is 12.2 Å². The smallest absolute Gasteiger partial charge is 0.0632 e. The summed E-state index contributed by atoms with van der Waals surface area (Å²) in [4.78, 5) is 0. The number of ether oxygens (including phenoxy) is 1. The summed E-state index contributed by atoms with van der Waals surface area (Å²) in [6.45, 7) is 4.50. The Bertz CT molecular complexity index is 112. The van der Waals surface area contributed by atoms with E-state index in [-0.39, 0.29) is 0 Å². The topological polar surface area (TPSA) is 21.3 Å². The van der Waals surface area contributed by atoms with Gasteiger partial charge in [-0.25, -0.2) is 0 Å². The molecule has 2 fully saturated rings. The van der Waals surface area contributed by atoms with Gasteiger partial charge in [0, 0.05) is 12.5 Å². The summed E-state index contributed by atoms with van der Waals surface area (Å²) in [5.74, 6) is 0.809. The van der Waals surface area contributed by atoms with Crippen molar-refractivity contribution in [3.05, 3.63) is 0 Å². The van der Waals surface area contributed by atoms with Gasteiger partial charge >= 0.3 is 0 Å². The second-order valence-corrected chi connectivity index (χ2v) is 3.47. The van der Waals surface area contributed by atoms with Crippen LogP contribution >= 0.6 is 0 Å². The van der Waals surface area contributed by atoms with Crippen LogP contribution in [0.5, 0.6) is 0 Å². The minimum Gasteiger partial charge on any atom is -0.375 e. The van der Waals surface area contributed by atoms with E-state index in [0.717, 1.165) is 12.5 Å². The van der Waals surface area contributed by atoms with Gasteiger partial charge in [-0.05, 0) is 26.3 Å². The van der Waals surface area contributed by atoms with E-state index in [2.05, 4.69) is 12.2 Å². The monoisotopic (exact) mass is 141 g/mol. The Morgan fingerprint density at radius 3 is 3.20 bits per heavy atom. The third-order valence-corrected chi connectivity index (χ3v) is 2.58. The van der Waals surface area contributed by atoms with Crippen LogP contribution in [0.3, 0.4) is 0 Å². The Hall–Kier alpha value is -0.0800. The van der Waals surface area contributed by atoms with Gasteiger partial charge in [0.25, 0.3) is 0 Å². The van der Waals surface area contributed by atoms with Crippen molar-refractivity contribution in [2.45, 2.75) is 32.0 Å². The molecule has 2 saturated heterocycles. The van der Waals surface area contributed by atoms with Crippen molar-refractivity contribution in [1.82, 2.24) is 5.32 Å². The van der Waals surface area contributed by atoms with Crippen LogP contribution in [0.1, 0.15) is 19.8 Å². The zero-order valence-electron chi connectivity index (χ0n) is 6.47. The third kappa shape index (κ3) is 1.06. The lowest BCUT2D eigenvalue weighted by Crippen LogP contribution is -2.37. The molecule has 0 amide bonds. The van der Waals surface area contributed by atoms with Crippen molar-refractivity contribution in [2.75, 3.05) is 13.1 Å². The summed E-state index contributed by atoms with van der Waals surface area (Å²) in [5, 5.41) is 3.40. The molecule has 1 N–H and O–H groups in total. The molecule has 0 saturated carbocycles. The van der Waals surface area contributed by atoms with Crippen LogP contribution in [0.15, 0.2) is 0 Å². The van der Waals surface area contributed by atoms with Crippen molar-refractivity contribution in [2.24, 2.45) is 5.92 Å². The first-order valence-corrected chi connectivity index (χ1v) is 4.22. The lowest BCUT2D eigenvalue weighted by Gasteiger charge is -2.24. The van der Waals surface area contributed by atoms with Crippen molar-refractivity contribution in [3.8, 4) is 0 Å². The SMILES string of the molecule is C[C@@H]1C[C@H]2CNCC[C@H]2O1. The fourth-order valence-electron chi connectivity index (χ4n) is 2.09. The number of hydrogen-bond donors (Lipinski definition) is 1. The molecular formula is C8H15NO. The minimum absolute atomic E-state index is 0.509. The molecular weight excluding hydrogens is 126 g/mol. The largest absolute Gasteiger partial charge is 0.375 e. The highest BCUT2D eigenvalue weighted by atomic mass is 16.5. The molecule has 2 heteroatoms. The highest BCUT2D eigenvalue weighted by Gasteiger charge is 2.34. The molecule has 2 rings (SSSR count). The summed E-state index contributed by atoms with van der Waals surface area (Å²) >= 11 is 0. The Balaban J connectivity index is 1.97. The zero-order valence-corrected chi connectivity index (χ0v) is 6.47. The minimum atomic E-state index is 0.509. The Kier molecular flexibility index (Phi) is 1.66. The normalized spacial score (nSPS) is 47.1. The van der Waals surface area contributed by atoms with Crippen LogP contribution in [0.2, 0.25) is 0 Å². The second kappa shape index (κ2) is 2.51. The molecule has 3 atom stereocenters. The number of piperidine rings is 1. The van der Waals surface area contributed by atoms with Gasteiger partial charge in [0.05, 0.1) is 12.2 Å². The highest BCUT2D eigenvalue weighted by molar-refractivity contribution is 4.85. The average Bonchev–Trinajstić information content (AvgIpc) is 2.27. The quantitative estimate of drug-likeness (QED) is 0.538. The van der Waals surface area contributed by atoms with Gasteiger partial charge in [-0.1, -0.05) is 0 Å². The molecule has 2 heterocycles. The maximum Gasteiger partial charge on any atom is 0.0632 e. The fraction of sp³-hybridized carbons (Fsp3) is 1.00.